The van der Waals surface area contributed by atoms with Crippen molar-refractivity contribution in [2.75, 3.05) is 5.73 Å². The molecule has 0 atom stereocenters. The number of hydrogen-bond acceptors (Lipinski definition) is 4. The fourth-order valence-electron chi connectivity index (χ4n) is 3.54. The number of nitrogens with one attached hydrogen (secondary N) is 1. The Morgan fingerprint density at radius 3 is 2.48 bits per heavy atom. The van der Waals surface area contributed by atoms with Gasteiger partial charge in [0.1, 0.15) is 11.3 Å². The van der Waals surface area contributed by atoms with E-state index in [2.05, 4.69) is 15.5 Å². The summed E-state index contributed by atoms with van der Waals surface area (Å²) in [5.41, 5.74) is 10.0. The van der Waals surface area contributed by atoms with Crippen LogP contribution in [0.2, 0.25) is 0 Å². The number of rotatable bonds is 3. The minimum atomic E-state index is -0.395. The van der Waals surface area contributed by atoms with Crippen LogP contribution in [-0.2, 0) is 0 Å². The first-order valence-electron chi connectivity index (χ1n) is 9.08. The van der Waals surface area contributed by atoms with Crippen molar-refractivity contribution < 1.29 is 9.18 Å². The van der Waals surface area contributed by atoms with Gasteiger partial charge in [-0.2, -0.15) is 0 Å². The number of carbonyl (C=O) groups excluding carboxylic acids is 1. The predicted octanol–water partition coefficient (Wildman–Crippen LogP) is 3.92. The molecule has 1 saturated carbocycles. The molecule has 1 amide bonds. The largest absolute Gasteiger partial charge is 0.396 e. The molecule has 138 valence electrons. The van der Waals surface area contributed by atoms with Gasteiger partial charge < -0.3 is 11.1 Å². The zero-order valence-electron chi connectivity index (χ0n) is 15.3. The van der Waals surface area contributed by atoms with Gasteiger partial charge in [-0.25, -0.2) is 4.39 Å². The molecule has 0 saturated heterocycles. The first-order chi connectivity index (χ1) is 12.9. The van der Waals surface area contributed by atoms with Gasteiger partial charge in [0.25, 0.3) is 5.91 Å². The smallest absolute Gasteiger partial charge is 0.274 e. The summed E-state index contributed by atoms with van der Waals surface area (Å²) in [5.74, 6) is -0.725. The molecule has 3 aromatic rings. The summed E-state index contributed by atoms with van der Waals surface area (Å²) in [4.78, 5) is 12.5. The zero-order chi connectivity index (χ0) is 19.1. The first-order valence-corrected chi connectivity index (χ1v) is 9.08. The number of anilines is 1. The molecule has 27 heavy (non-hydrogen) atoms. The summed E-state index contributed by atoms with van der Waals surface area (Å²) in [6.07, 6.45) is 3.05. The number of aryl methyl sites for hydroxylation is 2. The summed E-state index contributed by atoms with van der Waals surface area (Å²) < 4.78 is 14.7. The van der Waals surface area contributed by atoms with Gasteiger partial charge in [0.2, 0.25) is 0 Å². The number of benzene rings is 2. The average Bonchev–Trinajstić information content (AvgIpc) is 2.57. The second-order valence-electron chi connectivity index (χ2n) is 7.26. The number of carbonyl (C=O) groups is 1. The molecule has 0 aliphatic heterocycles. The lowest BCUT2D eigenvalue weighted by Crippen LogP contribution is -2.40. The predicted molar refractivity (Wildman–Crippen MR) is 104 cm³/mol. The summed E-state index contributed by atoms with van der Waals surface area (Å²) in [6, 6.07) is 8.92. The van der Waals surface area contributed by atoms with Crippen molar-refractivity contribution in [3.05, 3.63) is 53.0 Å². The molecule has 0 radical (unpaired) electrons. The number of nitrogen functional groups attached to an aromatic ring is 1. The van der Waals surface area contributed by atoms with Crippen molar-refractivity contribution in [2.45, 2.75) is 39.2 Å². The summed E-state index contributed by atoms with van der Waals surface area (Å²) in [5, 5.41) is 11.7. The summed E-state index contributed by atoms with van der Waals surface area (Å²) in [7, 11) is 0. The lowest BCUT2D eigenvalue weighted by Gasteiger charge is -2.26. The van der Waals surface area contributed by atoms with Gasteiger partial charge in [0.05, 0.1) is 5.69 Å². The third-order valence-electron chi connectivity index (χ3n) is 5.09. The van der Waals surface area contributed by atoms with Crippen LogP contribution >= 0.6 is 0 Å². The molecule has 5 nitrogen and oxygen atoms in total. The van der Waals surface area contributed by atoms with Gasteiger partial charge in [0.15, 0.2) is 5.69 Å². The number of hydrogen-bond donors (Lipinski definition) is 2. The minimum Gasteiger partial charge on any atom is -0.396 e. The number of amides is 1. The van der Waals surface area contributed by atoms with E-state index in [0.717, 1.165) is 36.0 Å². The van der Waals surface area contributed by atoms with E-state index >= 15 is 0 Å². The van der Waals surface area contributed by atoms with Crippen molar-refractivity contribution in [1.29, 1.82) is 0 Å². The highest BCUT2D eigenvalue weighted by Crippen LogP contribution is 2.34. The Bertz CT molecular complexity index is 1040. The molecule has 0 bridgehead atoms. The summed E-state index contributed by atoms with van der Waals surface area (Å²) >= 11 is 0. The molecule has 3 N–H and O–H groups in total. The molecular formula is C21H21FN4O. The Morgan fingerprint density at radius 2 is 1.85 bits per heavy atom. The van der Waals surface area contributed by atoms with E-state index in [0.29, 0.717) is 16.5 Å². The van der Waals surface area contributed by atoms with E-state index in [-0.39, 0.29) is 23.3 Å². The molecule has 4 rings (SSSR count). The van der Waals surface area contributed by atoms with E-state index < -0.39 is 5.82 Å². The lowest BCUT2D eigenvalue weighted by atomic mass is 9.93. The molecule has 1 aromatic heterocycles. The van der Waals surface area contributed by atoms with Crippen LogP contribution < -0.4 is 11.1 Å². The standard InChI is InChI=1S/C21H21FN4O/c1-11-8-12(2)10-13(9-11)17-16(22)7-6-15-18(23)20(26-25-19(15)17)21(27)24-14-4-3-5-14/h6-10,14H,3-5H2,1-2H3,(H2,23,25)(H,24,27). The molecule has 2 aromatic carbocycles. The Kier molecular flexibility index (Phi) is 4.26. The van der Waals surface area contributed by atoms with Crippen LogP contribution in [0.25, 0.3) is 22.0 Å². The molecule has 1 fully saturated rings. The molecule has 1 aliphatic carbocycles. The zero-order valence-corrected chi connectivity index (χ0v) is 15.3. The summed E-state index contributed by atoms with van der Waals surface area (Å²) in [6.45, 7) is 3.92. The Morgan fingerprint density at radius 1 is 1.15 bits per heavy atom. The van der Waals surface area contributed by atoms with Gasteiger partial charge in [0, 0.05) is 17.0 Å². The average molecular weight is 364 g/mol. The maximum Gasteiger partial charge on any atom is 0.274 e. The second-order valence-corrected chi connectivity index (χ2v) is 7.26. The Labute approximate surface area is 156 Å². The quantitative estimate of drug-likeness (QED) is 0.738. The topological polar surface area (TPSA) is 80.9 Å². The molecule has 1 heterocycles. The van der Waals surface area contributed by atoms with Crippen LogP contribution in [0.3, 0.4) is 0 Å². The van der Waals surface area contributed by atoms with E-state index in [1.54, 1.807) is 6.07 Å². The van der Waals surface area contributed by atoms with Crippen molar-refractivity contribution in [3.8, 4) is 11.1 Å². The SMILES string of the molecule is Cc1cc(C)cc(-c2c(F)ccc3c(N)c(C(=O)NC4CCC4)nnc23)c1. The van der Waals surface area contributed by atoms with Crippen LogP contribution in [0.4, 0.5) is 10.1 Å². The number of halogens is 1. The van der Waals surface area contributed by atoms with E-state index in [4.69, 9.17) is 5.73 Å². The van der Waals surface area contributed by atoms with Crippen LogP contribution in [0.5, 0.6) is 0 Å². The van der Waals surface area contributed by atoms with E-state index in [9.17, 15) is 9.18 Å². The van der Waals surface area contributed by atoms with Crippen LogP contribution in [0.1, 0.15) is 40.9 Å². The second kappa shape index (κ2) is 6.61. The molecule has 0 unspecified atom stereocenters. The van der Waals surface area contributed by atoms with Gasteiger partial charge in [-0.1, -0.05) is 29.3 Å². The van der Waals surface area contributed by atoms with Crippen molar-refractivity contribution in [3.63, 3.8) is 0 Å². The normalized spacial score (nSPS) is 14.2. The maximum absolute atomic E-state index is 14.7. The van der Waals surface area contributed by atoms with Crippen molar-refractivity contribution in [2.24, 2.45) is 0 Å². The highest BCUT2D eigenvalue weighted by atomic mass is 19.1. The van der Waals surface area contributed by atoms with Gasteiger partial charge >= 0.3 is 0 Å². The minimum absolute atomic E-state index is 0.0902. The number of nitrogens with two attached hydrogens (primary N) is 1. The lowest BCUT2D eigenvalue weighted by molar-refractivity contribution is 0.0912. The number of nitrogens with zero attached hydrogens (tertiary/aromatic N) is 2. The Hall–Kier alpha value is -3.02. The van der Waals surface area contributed by atoms with Gasteiger partial charge in [-0.15, -0.1) is 10.2 Å². The van der Waals surface area contributed by atoms with Gasteiger partial charge in [-0.05, 0) is 50.8 Å². The number of fused-ring (bicyclic) bond motifs is 1. The number of aromatic nitrogens is 2. The third-order valence-corrected chi connectivity index (χ3v) is 5.09. The van der Waals surface area contributed by atoms with Crippen LogP contribution in [-0.4, -0.2) is 22.1 Å². The van der Waals surface area contributed by atoms with Crippen molar-refractivity contribution >= 4 is 22.5 Å². The monoisotopic (exact) mass is 364 g/mol. The van der Waals surface area contributed by atoms with Crippen molar-refractivity contribution in [1.82, 2.24) is 15.5 Å². The van der Waals surface area contributed by atoms with Gasteiger partial charge in [-0.3, -0.25) is 4.79 Å². The molecule has 6 heteroatoms. The fraction of sp³-hybridized carbons (Fsp3) is 0.286. The fourth-order valence-corrected chi connectivity index (χ4v) is 3.54. The highest BCUT2D eigenvalue weighted by molar-refractivity contribution is 6.07. The van der Waals surface area contributed by atoms with Crippen LogP contribution in [0.15, 0.2) is 30.3 Å². The molecule has 0 spiro atoms. The van der Waals surface area contributed by atoms with E-state index in [1.165, 1.54) is 6.07 Å². The van der Waals surface area contributed by atoms with Crippen LogP contribution in [0, 0.1) is 19.7 Å². The first kappa shape index (κ1) is 17.4. The molecular weight excluding hydrogens is 343 g/mol. The Balaban J connectivity index is 1.85. The maximum atomic E-state index is 14.7. The molecule has 1 aliphatic rings. The highest BCUT2D eigenvalue weighted by Gasteiger charge is 2.24. The van der Waals surface area contributed by atoms with E-state index in [1.807, 2.05) is 32.0 Å². The third kappa shape index (κ3) is 3.12.